The predicted molar refractivity (Wildman–Crippen MR) is 69.7 cm³/mol. The summed E-state index contributed by atoms with van der Waals surface area (Å²) in [6, 6.07) is 2.87. The Labute approximate surface area is 110 Å². The molecule has 0 amide bonds. The second-order valence-corrected chi connectivity index (χ2v) is 5.35. The highest BCUT2D eigenvalue weighted by atomic mass is 79.9. The third-order valence-electron chi connectivity index (χ3n) is 2.65. The van der Waals surface area contributed by atoms with Crippen LogP contribution in [0.1, 0.15) is 38.4 Å². The molecule has 0 aliphatic rings. The highest BCUT2D eigenvalue weighted by Crippen LogP contribution is 2.33. The van der Waals surface area contributed by atoms with Crippen LogP contribution in [-0.4, -0.2) is 12.2 Å². The Hall–Kier alpha value is -0.610. The van der Waals surface area contributed by atoms with E-state index in [1.807, 2.05) is 0 Å². The first-order chi connectivity index (χ1) is 7.95. The van der Waals surface area contributed by atoms with Crippen molar-refractivity contribution in [2.45, 2.75) is 32.8 Å². The summed E-state index contributed by atoms with van der Waals surface area (Å²) in [5, 5.41) is 10.1. The molecule has 0 spiro atoms. The number of benzene rings is 1. The van der Waals surface area contributed by atoms with Gasteiger partial charge < -0.3 is 9.84 Å². The molecule has 0 saturated heterocycles. The van der Waals surface area contributed by atoms with E-state index in [0.717, 1.165) is 6.42 Å². The van der Waals surface area contributed by atoms with E-state index in [0.29, 0.717) is 28.1 Å². The van der Waals surface area contributed by atoms with Gasteiger partial charge in [0, 0.05) is 11.6 Å². The van der Waals surface area contributed by atoms with Crippen LogP contribution in [0.4, 0.5) is 4.39 Å². The molecular formula is C13H18BrFO2. The van der Waals surface area contributed by atoms with Gasteiger partial charge in [0.05, 0.1) is 17.7 Å². The van der Waals surface area contributed by atoms with Gasteiger partial charge in [-0.05, 0) is 40.8 Å². The van der Waals surface area contributed by atoms with E-state index in [1.54, 1.807) is 6.07 Å². The smallest absolute Gasteiger partial charge is 0.141 e. The van der Waals surface area contributed by atoms with Crippen molar-refractivity contribution in [2.24, 2.45) is 5.92 Å². The molecule has 0 bridgehead atoms. The van der Waals surface area contributed by atoms with Crippen molar-refractivity contribution in [3.8, 4) is 5.75 Å². The maximum absolute atomic E-state index is 13.3. The Kier molecular flexibility index (Phi) is 5.40. The first-order valence-corrected chi connectivity index (χ1v) is 6.46. The molecule has 2 nitrogen and oxygen atoms in total. The minimum atomic E-state index is -0.621. The molecule has 1 aromatic rings. The van der Waals surface area contributed by atoms with E-state index in [9.17, 15) is 9.50 Å². The third kappa shape index (κ3) is 3.96. The zero-order valence-corrected chi connectivity index (χ0v) is 11.9. The number of halogens is 2. The Morgan fingerprint density at radius 1 is 1.35 bits per heavy atom. The van der Waals surface area contributed by atoms with Crippen molar-refractivity contribution in [2.75, 3.05) is 7.11 Å². The molecule has 1 unspecified atom stereocenters. The van der Waals surface area contributed by atoms with Gasteiger partial charge in [0.2, 0.25) is 0 Å². The maximum Gasteiger partial charge on any atom is 0.141 e. The van der Waals surface area contributed by atoms with Crippen molar-refractivity contribution in [1.82, 2.24) is 0 Å². The van der Waals surface area contributed by atoms with Crippen molar-refractivity contribution in [3.63, 3.8) is 0 Å². The van der Waals surface area contributed by atoms with Gasteiger partial charge in [-0.3, -0.25) is 0 Å². The number of methoxy groups -OCH3 is 1. The first kappa shape index (κ1) is 14.5. The average Bonchev–Trinajstić information content (AvgIpc) is 2.28. The van der Waals surface area contributed by atoms with E-state index >= 15 is 0 Å². The molecule has 0 radical (unpaired) electrons. The molecule has 17 heavy (non-hydrogen) atoms. The van der Waals surface area contributed by atoms with Crippen LogP contribution in [0.15, 0.2) is 16.6 Å². The summed E-state index contributed by atoms with van der Waals surface area (Å²) in [5.41, 5.74) is 0.626. The number of hydrogen-bond donors (Lipinski definition) is 1. The Bertz CT molecular complexity index is 380. The number of aliphatic hydroxyl groups excluding tert-OH is 1. The standard InChI is InChI=1S/C13H18BrFO2/c1-8(2)4-5-12(16)9-6-10(14)11(15)7-13(9)17-3/h6-8,12,16H,4-5H2,1-3H3. The lowest BCUT2D eigenvalue weighted by Gasteiger charge is -2.16. The van der Waals surface area contributed by atoms with Crippen LogP contribution in [0, 0.1) is 11.7 Å². The predicted octanol–water partition coefficient (Wildman–Crippen LogP) is 4.07. The largest absolute Gasteiger partial charge is 0.496 e. The highest BCUT2D eigenvalue weighted by Gasteiger charge is 2.16. The molecule has 0 aliphatic carbocycles. The van der Waals surface area contributed by atoms with E-state index in [2.05, 4.69) is 29.8 Å². The summed E-state index contributed by atoms with van der Waals surface area (Å²) in [6.45, 7) is 4.20. The fourth-order valence-electron chi connectivity index (χ4n) is 1.63. The van der Waals surface area contributed by atoms with E-state index < -0.39 is 6.10 Å². The van der Waals surface area contributed by atoms with E-state index in [1.165, 1.54) is 13.2 Å². The summed E-state index contributed by atoms with van der Waals surface area (Å²) >= 11 is 3.12. The lowest BCUT2D eigenvalue weighted by Crippen LogP contribution is -2.03. The highest BCUT2D eigenvalue weighted by molar-refractivity contribution is 9.10. The normalized spacial score (nSPS) is 12.9. The first-order valence-electron chi connectivity index (χ1n) is 5.66. The molecule has 0 aliphatic heterocycles. The van der Waals surface area contributed by atoms with Crippen LogP contribution in [0.2, 0.25) is 0 Å². The van der Waals surface area contributed by atoms with E-state index in [-0.39, 0.29) is 5.82 Å². The average molecular weight is 305 g/mol. The number of hydrogen-bond acceptors (Lipinski definition) is 2. The van der Waals surface area contributed by atoms with Crippen LogP contribution in [0.3, 0.4) is 0 Å². The number of rotatable bonds is 5. The quantitative estimate of drug-likeness (QED) is 0.888. The minimum Gasteiger partial charge on any atom is -0.496 e. The van der Waals surface area contributed by atoms with Gasteiger partial charge in [-0.1, -0.05) is 13.8 Å². The molecule has 1 rings (SSSR count). The fraction of sp³-hybridized carbons (Fsp3) is 0.538. The molecule has 0 fully saturated rings. The Morgan fingerprint density at radius 3 is 2.53 bits per heavy atom. The van der Waals surface area contributed by atoms with Crippen LogP contribution < -0.4 is 4.74 Å². The fourth-order valence-corrected chi connectivity index (χ4v) is 1.99. The van der Waals surface area contributed by atoms with Crippen molar-refractivity contribution >= 4 is 15.9 Å². The summed E-state index contributed by atoms with van der Waals surface area (Å²) in [7, 11) is 1.47. The summed E-state index contributed by atoms with van der Waals surface area (Å²) in [4.78, 5) is 0. The van der Waals surface area contributed by atoms with Gasteiger partial charge in [-0.15, -0.1) is 0 Å². The van der Waals surface area contributed by atoms with Crippen LogP contribution in [0.5, 0.6) is 5.75 Å². The Morgan fingerprint density at radius 2 is 2.00 bits per heavy atom. The molecule has 0 saturated carbocycles. The topological polar surface area (TPSA) is 29.5 Å². The molecule has 1 aromatic carbocycles. The van der Waals surface area contributed by atoms with Crippen LogP contribution in [-0.2, 0) is 0 Å². The van der Waals surface area contributed by atoms with Crippen LogP contribution in [0.25, 0.3) is 0 Å². The second-order valence-electron chi connectivity index (χ2n) is 4.50. The monoisotopic (exact) mass is 304 g/mol. The maximum atomic E-state index is 13.3. The second kappa shape index (κ2) is 6.36. The molecular weight excluding hydrogens is 287 g/mol. The SMILES string of the molecule is COc1cc(F)c(Br)cc1C(O)CCC(C)C. The number of aliphatic hydroxyl groups is 1. The van der Waals surface area contributed by atoms with Crippen molar-refractivity contribution < 1.29 is 14.2 Å². The zero-order valence-electron chi connectivity index (χ0n) is 10.3. The van der Waals surface area contributed by atoms with Gasteiger partial charge in [-0.2, -0.15) is 0 Å². The minimum absolute atomic E-state index is 0.344. The zero-order chi connectivity index (χ0) is 13.0. The van der Waals surface area contributed by atoms with Gasteiger partial charge in [0.25, 0.3) is 0 Å². The van der Waals surface area contributed by atoms with Crippen molar-refractivity contribution in [3.05, 3.63) is 28.0 Å². The lowest BCUT2D eigenvalue weighted by molar-refractivity contribution is 0.155. The summed E-state index contributed by atoms with van der Waals surface area (Å²) < 4.78 is 18.7. The Balaban J connectivity index is 2.91. The lowest BCUT2D eigenvalue weighted by atomic mass is 9.99. The van der Waals surface area contributed by atoms with Gasteiger partial charge in [-0.25, -0.2) is 4.39 Å². The third-order valence-corrected chi connectivity index (χ3v) is 3.26. The molecule has 1 N–H and O–H groups in total. The molecule has 96 valence electrons. The van der Waals surface area contributed by atoms with E-state index in [4.69, 9.17) is 4.74 Å². The van der Waals surface area contributed by atoms with Gasteiger partial charge in [0.15, 0.2) is 0 Å². The molecule has 0 aromatic heterocycles. The summed E-state index contributed by atoms with van der Waals surface area (Å²) in [5.74, 6) is 0.531. The van der Waals surface area contributed by atoms with Crippen molar-refractivity contribution in [1.29, 1.82) is 0 Å². The molecule has 1 atom stereocenters. The van der Waals surface area contributed by atoms with Gasteiger partial charge >= 0.3 is 0 Å². The molecule has 4 heteroatoms. The molecule has 0 heterocycles. The summed E-state index contributed by atoms with van der Waals surface area (Å²) in [6.07, 6.45) is 0.940. The van der Waals surface area contributed by atoms with Crippen LogP contribution >= 0.6 is 15.9 Å². The van der Waals surface area contributed by atoms with Gasteiger partial charge in [0.1, 0.15) is 11.6 Å². The number of ether oxygens (including phenoxy) is 1.